The molecule has 5 heteroatoms. The maximum Gasteiger partial charge on any atom is 0.171 e. The maximum absolute atomic E-state index is 5.24. The third-order valence-electron chi connectivity index (χ3n) is 3.21. The van der Waals surface area contributed by atoms with Crippen LogP contribution in [0.5, 0.6) is 5.75 Å². The molecule has 0 amide bonds. The Morgan fingerprint density at radius 2 is 2.10 bits per heavy atom. The van der Waals surface area contributed by atoms with Crippen LogP contribution in [0.25, 0.3) is 11.0 Å². The van der Waals surface area contributed by atoms with Gasteiger partial charge in [-0.15, -0.1) is 0 Å². The zero-order chi connectivity index (χ0) is 14.7. The van der Waals surface area contributed by atoms with Gasteiger partial charge in [0, 0.05) is 17.5 Å². The van der Waals surface area contributed by atoms with Crippen LogP contribution >= 0.6 is 11.8 Å². The SMILES string of the molecule is CNCc1ccccc1Sc1nc2ccc(OC)cc2[nH]1. The molecule has 1 heterocycles. The third kappa shape index (κ3) is 3.04. The highest BCUT2D eigenvalue weighted by Crippen LogP contribution is 2.30. The monoisotopic (exact) mass is 299 g/mol. The van der Waals surface area contributed by atoms with E-state index < -0.39 is 0 Å². The van der Waals surface area contributed by atoms with Crippen molar-refractivity contribution in [2.24, 2.45) is 0 Å². The van der Waals surface area contributed by atoms with Gasteiger partial charge in [0.1, 0.15) is 5.75 Å². The Labute approximate surface area is 127 Å². The van der Waals surface area contributed by atoms with E-state index in [9.17, 15) is 0 Å². The summed E-state index contributed by atoms with van der Waals surface area (Å²) in [6.45, 7) is 0.844. The summed E-state index contributed by atoms with van der Waals surface area (Å²) in [5.74, 6) is 0.832. The van der Waals surface area contributed by atoms with E-state index in [1.54, 1.807) is 18.9 Å². The highest BCUT2D eigenvalue weighted by atomic mass is 32.2. The summed E-state index contributed by atoms with van der Waals surface area (Å²) in [6.07, 6.45) is 0. The van der Waals surface area contributed by atoms with Crippen molar-refractivity contribution in [2.75, 3.05) is 14.2 Å². The quantitative estimate of drug-likeness (QED) is 0.757. The number of nitrogens with one attached hydrogen (secondary N) is 2. The van der Waals surface area contributed by atoms with Crippen LogP contribution in [0.4, 0.5) is 0 Å². The molecule has 0 spiro atoms. The average Bonchev–Trinajstić information content (AvgIpc) is 2.90. The van der Waals surface area contributed by atoms with Crippen molar-refractivity contribution in [2.45, 2.75) is 16.6 Å². The molecule has 0 aliphatic heterocycles. The molecular formula is C16H17N3OS. The number of rotatable bonds is 5. The highest BCUT2D eigenvalue weighted by Gasteiger charge is 2.08. The minimum Gasteiger partial charge on any atom is -0.497 e. The average molecular weight is 299 g/mol. The number of benzene rings is 2. The summed E-state index contributed by atoms with van der Waals surface area (Å²) in [6, 6.07) is 14.2. The van der Waals surface area contributed by atoms with Crippen LogP contribution < -0.4 is 10.1 Å². The smallest absolute Gasteiger partial charge is 0.171 e. The van der Waals surface area contributed by atoms with Gasteiger partial charge in [0.25, 0.3) is 0 Å². The van der Waals surface area contributed by atoms with Gasteiger partial charge in [-0.05, 0) is 30.8 Å². The number of nitrogens with zero attached hydrogens (tertiary/aromatic N) is 1. The first kappa shape index (κ1) is 14.0. The lowest BCUT2D eigenvalue weighted by Gasteiger charge is -2.06. The molecule has 0 bridgehead atoms. The van der Waals surface area contributed by atoms with Crippen LogP contribution in [0.3, 0.4) is 0 Å². The molecule has 0 saturated carbocycles. The lowest BCUT2D eigenvalue weighted by atomic mass is 10.2. The second-order valence-electron chi connectivity index (χ2n) is 4.67. The van der Waals surface area contributed by atoms with Crippen molar-refractivity contribution in [1.29, 1.82) is 0 Å². The van der Waals surface area contributed by atoms with E-state index in [2.05, 4.69) is 33.5 Å². The molecular weight excluding hydrogens is 282 g/mol. The molecule has 3 aromatic rings. The first-order valence-electron chi connectivity index (χ1n) is 6.74. The van der Waals surface area contributed by atoms with Crippen molar-refractivity contribution < 1.29 is 4.74 Å². The molecule has 21 heavy (non-hydrogen) atoms. The van der Waals surface area contributed by atoms with Crippen LogP contribution in [-0.4, -0.2) is 24.1 Å². The molecule has 2 aromatic carbocycles. The van der Waals surface area contributed by atoms with Crippen LogP contribution in [0.2, 0.25) is 0 Å². The zero-order valence-electron chi connectivity index (χ0n) is 12.0. The summed E-state index contributed by atoms with van der Waals surface area (Å²) in [4.78, 5) is 9.16. The summed E-state index contributed by atoms with van der Waals surface area (Å²) in [7, 11) is 3.62. The van der Waals surface area contributed by atoms with Crippen molar-refractivity contribution in [3.63, 3.8) is 0 Å². The van der Waals surface area contributed by atoms with Crippen LogP contribution in [-0.2, 0) is 6.54 Å². The Hall–Kier alpha value is -1.98. The summed E-state index contributed by atoms with van der Waals surface area (Å²) >= 11 is 1.65. The molecule has 1 aromatic heterocycles. The Balaban J connectivity index is 1.91. The third-order valence-corrected chi connectivity index (χ3v) is 4.22. The Kier molecular flexibility index (Phi) is 4.13. The van der Waals surface area contributed by atoms with E-state index in [1.807, 2.05) is 31.3 Å². The molecule has 0 aliphatic carbocycles. The lowest BCUT2D eigenvalue weighted by molar-refractivity contribution is 0.415. The number of H-pyrrole nitrogens is 1. The molecule has 0 atom stereocenters. The van der Waals surface area contributed by atoms with E-state index in [0.29, 0.717) is 0 Å². The summed E-state index contributed by atoms with van der Waals surface area (Å²) in [5, 5.41) is 4.08. The molecule has 0 aliphatic rings. The van der Waals surface area contributed by atoms with Gasteiger partial charge >= 0.3 is 0 Å². The zero-order valence-corrected chi connectivity index (χ0v) is 12.8. The molecule has 0 fully saturated rings. The number of methoxy groups -OCH3 is 1. The number of hydrogen-bond acceptors (Lipinski definition) is 4. The van der Waals surface area contributed by atoms with Gasteiger partial charge in [-0.2, -0.15) is 0 Å². The molecule has 2 N–H and O–H groups in total. The van der Waals surface area contributed by atoms with Crippen LogP contribution in [0, 0.1) is 0 Å². The molecule has 108 valence electrons. The second kappa shape index (κ2) is 6.20. The number of hydrogen-bond donors (Lipinski definition) is 2. The number of ether oxygens (including phenoxy) is 1. The van der Waals surface area contributed by atoms with Crippen molar-refractivity contribution in [3.8, 4) is 5.75 Å². The standard InChI is InChI=1S/C16H17N3OS/c1-17-10-11-5-3-4-6-15(11)21-16-18-13-8-7-12(20-2)9-14(13)19-16/h3-9,17H,10H2,1-2H3,(H,18,19). The van der Waals surface area contributed by atoms with Gasteiger partial charge in [-0.3, -0.25) is 0 Å². The maximum atomic E-state index is 5.24. The van der Waals surface area contributed by atoms with E-state index >= 15 is 0 Å². The van der Waals surface area contributed by atoms with Crippen LogP contribution in [0.15, 0.2) is 52.5 Å². The second-order valence-corrected chi connectivity index (χ2v) is 5.70. The summed E-state index contributed by atoms with van der Waals surface area (Å²) in [5.41, 5.74) is 3.20. The Bertz CT molecular complexity index is 754. The van der Waals surface area contributed by atoms with E-state index in [4.69, 9.17) is 4.74 Å². The topological polar surface area (TPSA) is 49.9 Å². The van der Waals surface area contributed by atoms with Gasteiger partial charge in [0.05, 0.1) is 18.1 Å². The van der Waals surface area contributed by atoms with E-state index in [-0.39, 0.29) is 0 Å². The van der Waals surface area contributed by atoms with Crippen molar-refractivity contribution in [3.05, 3.63) is 48.0 Å². The van der Waals surface area contributed by atoms with Crippen LogP contribution in [0.1, 0.15) is 5.56 Å². The van der Waals surface area contributed by atoms with Gasteiger partial charge in [0.15, 0.2) is 5.16 Å². The lowest BCUT2D eigenvalue weighted by Crippen LogP contribution is -2.05. The fraction of sp³-hybridized carbons (Fsp3) is 0.188. The molecule has 0 unspecified atom stereocenters. The summed E-state index contributed by atoms with van der Waals surface area (Å²) < 4.78 is 5.24. The normalized spacial score (nSPS) is 11.0. The molecule has 3 rings (SSSR count). The first-order valence-corrected chi connectivity index (χ1v) is 7.56. The first-order chi connectivity index (χ1) is 10.3. The minimum atomic E-state index is 0.832. The van der Waals surface area contributed by atoms with E-state index in [0.717, 1.165) is 28.5 Å². The predicted octanol–water partition coefficient (Wildman–Crippen LogP) is 3.44. The fourth-order valence-corrected chi connectivity index (χ4v) is 3.12. The highest BCUT2D eigenvalue weighted by molar-refractivity contribution is 7.99. The predicted molar refractivity (Wildman–Crippen MR) is 86.0 cm³/mol. The number of aromatic nitrogens is 2. The van der Waals surface area contributed by atoms with E-state index in [1.165, 1.54) is 10.5 Å². The van der Waals surface area contributed by atoms with Gasteiger partial charge in [-0.1, -0.05) is 30.0 Å². The van der Waals surface area contributed by atoms with Crippen molar-refractivity contribution in [1.82, 2.24) is 15.3 Å². The van der Waals surface area contributed by atoms with Crippen molar-refractivity contribution >= 4 is 22.8 Å². The van der Waals surface area contributed by atoms with Gasteiger partial charge in [-0.25, -0.2) is 4.98 Å². The van der Waals surface area contributed by atoms with Gasteiger partial charge < -0.3 is 15.0 Å². The minimum absolute atomic E-state index is 0.832. The molecule has 0 saturated heterocycles. The largest absolute Gasteiger partial charge is 0.497 e. The number of aromatic amines is 1. The fourth-order valence-electron chi connectivity index (χ4n) is 2.18. The number of imidazole rings is 1. The number of fused-ring (bicyclic) bond motifs is 1. The van der Waals surface area contributed by atoms with Gasteiger partial charge in [0.2, 0.25) is 0 Å². The Morgan fingerprint density at radius 3 is 2.90 bits per heavy atom. The Morgan fingerprint density at radius 1 is 1.24 bits per heavy atom. The molecule has 0 radical (unpaired) electrons. The molecule has 4 nitrogen and oxygen atoms in total.